The van der Waals surface area contributed by atoms with Crippen LogP contribution in [0.25, 0.3) is 0 Å². The normalized spacial score (nSPS) is 14.4. The van der Waals surface area contributed by atoms with Crippen LogP contribution in [-0.4, -0.2) is 48.5 Å². The minimum atomic E-state index is -0.390. The molecule has 0 aromatic rings. The molecular formula is C10H23NO2S. The van der Waals surface area contributed by atoms with Gasteiger partial charge in [-0.1, -0.05) is 13.8 Å². The Bertz CT molecular complexity index is 140. The molecular weight excluding hydrogens is 198 g/mol. The summed E-state index contributed by atoms with van der Waals surface area (Å²) in [6, 6.07) is 0. The van der Waals surface area contributed by atoms with Gasteiger partial charge in [0.1, 0.15) is 0 Å². The summed E-state index contributed by atoms with van der Waals surface area (Å²) < 4.78 is 0. The maximum absolute atomic E-state index is 9.05. The monoisotopic (exact) mass is 221 g/mol. The van der Waals surface area contributed by atoms with Gasteiger partial charge in [0.25, 0.3) is 0 Å². The Hall–Kier alpha value is 0.230. The quantitative estimate of drug-likeness (QED) is 0.561. The summed E-state index contributed by atoms with van der Waals surface area (Å²) in [4.78, 5) is 0. The van der Waals surface area contributed by atoms with Crippen molar-refractivity contribution in [3.05, 3.63) is 0 Å². The van der Waals surface area contributed by atoms with Gasteiger partial charge in [-0.3, -0.25) is 0 Å². The predicted molar refractivity (Wildman–Crippen MR) is 62.7 cm³/mol. The van der Waals surface area contributed by atoms with Crippen LogP contribution in [0.3, 0.4) is 0 Å². The first kappa shape index (κ1) is 14.2. The van der Waals surface area contributed by atoms with E-state index in [9.17, 15) is 0 Å². The van der Waals surface area contributed by atoms with Gasteiger partial charge in [0.05, 0.1) is 13.2 Å². The minimum Gasteiger partial charge on any atom is -0.396 e. The maximum atomic E-state index is 9.05. The molecule has 4 heteroatoms. The van der Waals surface area contributed by atoms with E-state index in [-0.39, 0.29) is 18.6 Å². The number of aliphatic hydroxyl groups excluding tert-OH is 2. The van der Waals surface area contributed by atoms with Crippen LogP contribution in [0.4, 0.5) is 0 Å². The van der Waals surface area contributed by atoms with Crippen molar-refractivity contribution >= 4 is 11.8 Å². The molecule has 0 aliphatic rings. The summed E-state index contributed by atoms with van der Waals surface area (Å²) >= 11 is 1.84. The molecule has 0 aliphatic heterocycles. The lowest BCUT2D eigenvalue weighted by atomic mass is 9.93. The number of thioether (sulfide) groups is 1. The van der Waals surface area contributed by atoms with E-state index in [0.29, 0.717) is 12.5 Å². The Morgan fingerprint density at radius 1 is 1.36 bits per heavy atom. The highest BCUT2D eigenvalue weighted by Gasteiger charge is 2.21. The lowest BCUT2D eigenvalue weighted by Gasteiger charge is -2.25. The second-order valence-electron chi connectivity index (χ2n) is 4.32. The molecule has 0 saturated heterocycles. The number of hydrogen-bond acceptors (Lipinski definition) is 4. The van der Waals surface area contributed by atoms with E-state index in [1.54, 1.807) is 0 Å². The van der Waals surface area contributed by atoms with Crippen molar-refractivity contribution in [2.24, 2.45) is 11.3 Å². The molecule has 3 N–H and O–H groups in total. The third-order valence-electron chi connectivity index (χ3n) is 2.26. The van der Waals surface area contributed by atoms with Gasteiger partial charge in [-0.25, -0.2) is 0 Å². The zero-order valence-corrected chi connectivity index (χ0v) is 10.2. The third-order valence-corrected chi connectivity index (χ3v) is 3.16. The van der Waals surface area contributed by atoms with E-state index in [1.807, 2.05) is 18.7 Å². The third kappa shape index (κ3) is 5.86. The second-order valence-corrected chi connectivity index (χ2v) is 5.23. The highest BCUT2D eigenvalue weighted by atomic mass is 32.2. The molecule has 1 unspecified atom stereocenters. The van der Waals surface area contributed by atoms with E-state index in [2.05, 4.69) is 18.5 Å². The first-order valence-corrected chi connectivity index (χ1v) is 6.38. The molecule has 0 radical (unpaired) electrons. The van der Waals surface area contributed by atoms with Crippen LogP contribution in [0.2, 0.25) is 0 Å². The topological polar surface area (TPSA) is 52.5 Å². The number of rotatable bonds is 8. The average molecular weight is 221 g/mol. The summed E-state index contributed by atoms with van der Waals surface area (Å²) in [5, 5.41) is 21.4. The molecule has 0 spiro atoms. The number of hydrogen-bond donors (Lipinski definition) is 3. The molecule has 0 aromatic carbocycles. The molecule has 0 saturated carbocycles. The molecule has 14 heavy (non-hydrogen) atoms. The fourth-order valence-electron chi connectivity index (χ4n) is 1.13. The molecule has 86 valence electrons. The Balaban J connectivity index is 3.61. The van der Waals surface area contributed by atoms with Crippen LogP contribution in [-0.2, 0) is 0 Å². The van der Waals surface area contributed by atoms with Gasteiger partial charge in [-0.2, -0.15) is 11.8 Å². The van der Waals surface area contributed by atoms with E-state index in [4.69, 9.17) is 10.2 Å². The molecule has 3 nitrogen and oxygen atoms in total. The molecule has 0 aliphatic carbocycles. The summed E-state index contributed by atoms with van der Waals surface area (Å²) in [5.74, 6) is 1.77. The van der Waals surface area contributed by atoms with Crippen LogP contribution >= 0.6 is 11.8 Å². The summed E-state index contributed by atoms with van der Waals surface area (Å²) in [6.45, 7) is 5.72. The van der Waals surface area contributed by atoms with Crippen molar-refractivity contribution in [2.45, 2.75) is 13.8 Å². The predicted octanol–water partition coefficient (Wildman–Crippen LogP) is 0.566. The summed E-state index contributed by atoms with van der Waals surface area (Å²) in [6.07, 6.45) is 2.10. The molecule has 0 heterocycles. The highest BCUT2D eigenvalue weighted by molar-refractivity contribution is 7.98. The van der Waals surface area contributed by atoms with Gasteiger partial charge in [0.2, 0.25) is 0 Å². The lowest BCUT2D eigenvalue weighted by molar-refractivity contribution is 0.0693. The van der Waals surface area contributed by atoms with Crippen LogP contribution in [0, 0.1) is 11.3 Å². The van der Waals surface area contributed by atoms with Crippen LogP contribution in [0.1, 0.15) is 13.8 Å². The molecule has 0 fully saturated rings. The highest BCUT2D eigenvalue weighted by Crippen LogP contribution is 2.12. The van der Waals surface area contributed by atoms with Crippen molar-refractivity contribution in [1.29, 1.82) is 0 Å². The molecule has 0 bridgehead atoms. The van der Waals surface area contributed by atoms with Crippen LogP contribution in [0.15, 0.2) is 0 Å². The number of aliphatic hydroxyl groups is 2. The van der Waals surface area contributed by atoms with Crippen molar-refractivity contribution in [2.75, 3.05) is 38.3 Å². The largest absolute Gasteiger partial charge is 0.396 e. The maximum Gasteiger partial charge on any atom is 0.0518 e. The second kappa shape index (κ2) is 7.51. The molecule has 0 amide bonds. The van der Waals surface area contributed by atoms with Gasteiger partial charge in [-0.05, 0) is 24.5 Å². The first-order chi connectivity index (χ1) is 6.58. The van der Waals surface area contributed by atoms with Crippen molar-refractivity contribution in [3.63, 3.8) is 0 Å². The van der Waals surface area contributed by atoms with Gasteiger partial charge in [0.15, 0.2) is 0 Å². The van der Waals surface area contributed by atoms with E-state index < -0.39 is 0 Å². The summed E-state index contributed by atoms with van der Waals surface area (Å²) in [5.41, 5.74) is -0.390. The SMILES string of the molecule is CSCC(C)CNCC(C)(CO)CO. The van der Waals surface area contributed by atoms with Gasteiger partial charge >= 0.3 is 0 Å². The van der Waals surface area contributed by atoms with E-state index in [1.165, 1.54) is 0 Å². The number of nitrogens with one attached hydrogen (secondary N) is 1. The zero-order chi connectivity index (χ0) is 11.0. The Morgan fingerprint density at radius 3 is 2.36 bits per heavy atom. The van der Waals surface area contributed by atoms with E-state index >= 15 is 0 Å². The first-order valence-electron chi connectivity index (χ1n) is 4.99. The Kier molecular flexibility index (Phi) is 7.64. The fraction of sp³-hybridized carbons (Fsp3) is 1.00. The fourth-order valence-corrected chi connectivity index (χ4v) is 1.81. The van der Waals surface area contributed by atoms with Crippen LogP contribution in [0.5, 0.6) is 0 Å². The van der Waals surface area contributed by atoms with Crippen molar-refractivity contribution in [1.82, 2.24) is 5.32 Å². The van der Waals surface area contributed by atoms with Gasteiger partial charge in [-0.15, -0.1) is 0 Å². The standard InChI is InChI=1S/C10H23NO2S/c1-9(5-14-3)4-11-6-10(2,7-12)8-13/h9,11-13H,4-8H2,1-3H3. The molecule has 1 atom stereocenters. The minimum absolute atomic E-state index is 0.0212. The Labute approximate surface area is 91.3 Å². The van der Waals surface area contributed by atoms with Gasteiger partial charge in [0, 0.05) is 12.0 Å². The molecule has 0 aromatic heterocycles. The molecule has 0 rings (SSSR count). The van der Waals surface area contributed by atoms with E-state index in [0.717, 1.165) is 12.3 Å². The summed E-state index contributed by atoms with van der Waals surface area (Å²) in [7, 11) is 0. The van der Waals surface area contributed by atoms with Crippen LogP contribution < -0.4 is 5.32 Å². The van der Waals surface area contributed by atoms with Crippen molar-refractivity contribution in [3.8, 4) is 0 Å². The zero-order valence-electron chi connectivity index (χ0n) is 9.42. The average Bonchev–Trinajstić information content (AvgIpc) is 2.18. The smallest absolute Gasteiger partial charge is 0.0518 e. The van der Waals surface area contributed by atoms with Gasteiger partial charge < -0.3 is 15.5 Å². The van der Waals surface area contributed by atoms with Crippen molar-refractivity contribution < 1.29 is 10.2 Å². The lowest BCUT2D eigenvalue weighted by Crippen LogP contribution is -2.39. The Morgan fingerprint density at radius 2 is 1.93 bits per heavy atom.